The lowest BCUT2D eigenvalue weighted by molar-refractivity contribution is 0.444. The zero-order valence-electron chi connectivity index (χ0n) is 10.8. The van der Waals surface area contributed by atoms with Gasteiger partial charge in [-0.1, -0.05) is 18.2 Å². The predicted molar refractivity (Wildman–Crippen MR) is 78.7 cm³/mol. The fourth-order valence-electron chi connectivity index (χ4n) is 3.42. The highest BCUT2D eigenvalue weighted by Gasteiger charge is 2.31. The summed E-state index contributed by atoms with van der Waals surface area (Å²) < 4.78 is 14.3. The minimum Gasteiger partial charge on any atom is -0.453 e. The highest BCUT2D eigenvalue weighted by atomic mass is 16.5. The van der Waals surface area contributed by atoms with E-state index in [-0.39, 0.29) is 0 Å². The normalized spacial score (nSPS) is 13.5. The number of nitrogens with zero attached hydrogens (tertiary/aromatic N) is 2. The Balaban J connectivity index is 2.04. The van der Waals surface area contributed by atoms with Crippen LogP contribution in [0.25, 0.3) is 27.6 Å². The summed E-state index contributed by atoms with van der Waals surface area (Å²) in [5.41, 5.74) is 4.01. The number of pyridine rings is 1. The van der Waals surface area contributed by atoms with Crippen LogP contribution in [0.4, 0.5) is 0 Å². The Morgan fingerprint density at radius 2 is 1.48 bits per heavy atom. The molecular formula is C17H8N2O2. The highest BCUT2D eigenvalue weighted by Crippen LogP contribution is 2.52. The van der Waals surface area contributed by atoms with Crippen LogP contribution in [0.15, 0.2) is 48.7 Å². The van der Waals surface area contributed by atoms with Crippen LogP contribution >= 0.6 is 0 Å². The molecule has 4 heterocycles. The summed E-state index contributed by atoms with van der Waals surface area (Å²) in [6.07, 6.45) is 1.79. The fourth-order valence-corrected chi connectivity index (χ4v) is 3.42. The Morgan fingerprint density at radius 3 is 2.33 bits per heavy atom. The first-order valence-corrected chi connectivity index (χ1v) is 6.83. The van der Waals surface area contributed by atoms with Crippen molar-refractivity contribution >= 4 is 21.9 Å². The van der Waals surface area contributed by atoms with Gasteiger partial charge in [-0.05, 0) is 18.2 Å². The maximum Gasteiger partial charge on any atom is 0.155 e. The van der Waals surface area contributed by atoms with Crippen molar-refractivity contribution in [3.8, 4) is 28.7 Å². The van der Waals surface area contributed by atoms with Crippen molar-refractivity contribution < 1.29 is 9.47 Å². The largest absolute Gasteiger partial charge is 0.453 e. The summed E-state index contributed by atoms with van der Waals surface area (Å²) in [6.45, 7) is 0. The van der Waals surface area contributed by atoms with E-state index in [2.05, 4.69) is 15.6 Å². The lowest BCUT2D eigenvalue weighted by Gasteiger charge is -2.26. The lowest BCUT2D eigenvalue weighted by atomic mass is 10.2. The monoisotopic (exact) mass is 272 g/mol. The molecule has 6 rings (SSSR count). The van der Waals surface area contributed by atoms with Gasteiger partial charge in [0.15, 0.2) is 23.0 Å². The molecule has 0 atom stereocenters. The van der Waals surface area contributed by atoms with E-state index in [9.17, 15) is 0 Å². The molecule has 4 nitrogen and oxygen atoms in total. The maximum absolute atomic E-state index is 6.06. The van der Waals surface area contributed by atoms with Gasteiger partial charge in [-0.25, -0.2) is 0 Å². The molecule has 98 valence electrons. The van der Waals surface area contributed by atoms with Gasteiger partial charge in [-0.3, -0.25) is 9.55 Å². The quantitative estimate of drug-likeness (QED) is 0.411. The summed E-state index contributed by atoms with van der Waals surface area (Å²) >= 11 is 0. The van der Waals surface area contributed by atoms with E-state index in [1.807, 2.05) is 36.4 Å². The first-order valence-electron chi connectivity index (χ1n) is 6.83. The van der Waals surface area contributed by atoms with Gasteiger partial charge in [-0.2, -0.15) is 0 Å². The Morgan fingerprint density at radius 1 is 0.762 bits per heavy atom. The average molecular weight is 272 g/mol. The van der Waals surface area contributed by atoms with Crippen molar-refractivity contribution in [3.05, 3.63) is 48.7 Å². The van der Waals surface area contributed by atoms with Crippen molar-refractivity contribution in [1.82, 2.24) is 9.55 Å². The number of rotatable bonds is 0. The molecule has 0 unspecified atom stereocenters. The van der Waals surface area contributed by atoms with Gasteiger partial charge in [0.1, 0.15) is 16.7 Å². The second-order valence-electron chi connectivity index (χ2n) is 5.30. The smallest absolute Gasteiger partial charge is 0.155 e. The van der Waals surface area contributed by atoms with Gasteiger partial charge in [0.25, 0.3) is 0 Å². The predicted octanol–water partition coefficient (Wildman–Crippen LogP) is 4.39. The van der Waals surface area contributed by atoms with Crippen molar-refractivity contribution in [2.75, 3.05) is 0 Å². The molecule has 2 aliphatic rings. The number of hydrogen-bond donors (Lipinski definition) is 0. The van der Waals surface area contributed by atoms with Crippen molar-refractivity contribution in [1.29, 1.82) is 0 Å². The van der Waals surface area contributed by atoms with Gasteiger partial charge >= 0.3 is 0 Å². The molecule has 0 N–H and O–H groups in total. The molecule has 0 radical (unpaired) electrons. The number of ether oxygens (including phenoxy) is 2. The zero-order valence-corrected chi connectivity index (χ0v) is 10.8. The molecule has 21 heavy (non-hydrogen) atoms. The van der Waals surface area contributed by atoms with Gasteiger partial charge in [0.2, 0.25) is 0 Å². The number of para-hydroxylation sites is 2. The first-order chi connectivity index (χ1) is 10.4. The molecule has 2 aliphatic heterocycles. The fraction of sp³-hybridized carbons (Fsp3) is 0. The Hall–Kier alpha value is -3.01. The van der Waals surface area contributed by atoms with Crippen LogP contribution < -0.4 is 9.47 Å². The van der Waals surface area contributed by atoms with Crippen LogP contribution in [0.5, 0.6) is 23.0 Å². The third kappa shape index (κ3) is 0.962. The summed E-state index contributed by atoms with van der Waals surface area (Å²) in [4.78, 5) is 4.55. The summed E-state index contributed by atoms with van der Waals surface area (Å²) in [5, 5.41) is 1.09. The molecule has 0 bridgehead atoms. The molecular weight excluding hydrogens is 264 g/mol. The van der Waals surface area contributed by atoms with Crippen molar-refractivity contribution in [3.63, 3.8) is 0 Å². The van der Waals surface area contributed by atoms with E-state index in [1.54, 1.807) is 6.20 Å². The molecule has 0 amide bonds. The Bertz CT molecular complexity index is 1010. The van der Waals surface area contributed by atoms with Crippen molar-refractivity contribution in [2.45, 2.75) is 0 Å². The third-order valence-electron chi connectivity index (χ3n) is 4.21. The van der Waals surface area contributed by atoms with Gasteiger partial charge < -0.3 is 9.47 Å². The second kappa shape index (κ2) is 3.01. The SMILES string of the molecule is c1cc2c3c(c1)Oc1ccnc4c5cccc(c5n-3c14)O2. The van der Waals surface area contributed by atoms with E-state index >= 15 is 0 Å². The van der Waals surface area contributed by atoms with Gasteiger partial charge in [-0.15, -0.1) is 0 Å². The topological polar surface area (TPSA) is 36.3 Å². The van der Waals surface area contributed by atoms with Crippen LogP contribution in [0.2, 0.25) is 0 Å². The number of benzene rings is 2. The standard InChI is InChI=1S/C17H8N2O2/c1-3-9-14-17-13(7-8-18-14)21-12-6-2-5-11-16(12)19(17)15(9)10(4-1)20-11/h1-8H. The Kier molecular flexibility index (Phi) is 1.41. The molecule has 0 aliphatic carbocycles. The molecule has 2 aromatic carbocycles. The minimum absolute atomic E-state index is 0.819. The average Bonchev–Trinajstić information content (AvgIpc) is 2.86. The lowest BCUT2D eigenvalue weighted by Crippen LogP contribution is -2.09. The van der Waals surface area contributed by atoms with Crippen LogP contribution in [0.1, 0.15) is 0 Å². The maximum atomic E-state index is 6.06. The van der Waals surface area contributed by atoms with E-state index in [4.69, 9.17) is 9.47 Å². The van der Waals surface area contributed by atoms with E-state index < -0.39 is 0 Å². The molecule has 4 heteroatoms. The van der Waals surface area contributed by atoms with Crippen LogP contribution in [0, 0.1) is 0 Å². The molecule has 0 spiro atoms. The highest BCUT2D eigenvalue weighted by molar-refractivity contribution is 6.12. The van der Waals surface area contributed by atoms with E-state index in [0.717, 1.165) is 50.6 Å². The molecule has 0 saturated carbocycles. The van der Waals surface area contributed by atoms with Gasteiger partial charge in [0.05, 0.1) is 5.52 Å². The minimum atomic E-state index is 0.819. The van der Waals surface area contributed by atoms with Crippen molar-refractivity contribution in [2.24, 2.45) is 0 Å². The molecule has 4 aromatic rings. The van der Waals surface area contributed by atoms with Crippen LogP contribution in [-0.2, 0) is 0 Å². The summed E-state index contributed by atoms with van der Waals surface area (Å²) in [6, 6.07) is 13.9. The first kappa shape index (κ1) is 9.83. The summed E-state index contributed by atoms with van der Waals surface area (Å²) in [5.74, 6) is 3.34. The zero-order chi connectivity index (χ0) is 13.6. The molecule has 0 saturated heterocycles. The van der Waals surface area contributed by atoms with E-state index in [0.29, 0.717) is 0 Å². The molecule has 2 aromatic heterocycles. The van der Waals surface area contributed by atoms with Crippen LogP contribution in [0.3, 0.4) is 0 Å². The third-order valence-corrected chi connectivity index (χ3v) is 4.21. The Labute approximate surface area is 119 Å². The number of fused-ring (bicyclic) bond motifs is 1. The van der Waals surface area contributed by atoms with E-state index in [1.165, 1.54) is 0 Å². The number of aromatic nitrogens is 2. The molecule has 0 fully saturated rings. The van der Waals surface area contributed by atoms with Crippen LogP contribution in [-0.4, -0.2) is 9.55 Å². The number of hydrogen-bond acceptors (Lipinski definition) is 3. The summed E-state index contributed by atoms with van der Waals surface area (Å²) in [7, 11) is 0. The second-order valence-corrected chi connectivity index (χ2v) is 5.30. The van der Waals surface area contributed by atoms with Gasteiger partial charge in [0, 0.05) is 17.6 Å².